The summed E-state index contributed by atoms with van der Waals surface area (Å²) < 4.78 is 12.7. The normalized spacial score (nSPS) is 10.6. The number of anilines is 1. The molecule has 0 radical (unpaired) electrons. The largest absolute Gasteiger partial charge is 0.494 e. The van der Waals surface area contributed by atoms with Crippen molar-refractivity contribution in [2.24, 2.45) is 0 Å². The van der Waals surface area contributed by atoms with Gasteiger partial charge in [-0.15, -0.1) is 0 Å². The molecule has 1 aromatic carbocycles. The Morgan fingerprint density at radius 1 is 1.19 bits per heavy atom. The van der Waals surface area contributed by atoms with Gasteiger partial charge in [-0.3, -0.25) is 4.57 Å². The van der Waals surface area contributed by atoms with E-state index in [-0.39, 0.29) is 0 Å². The molecule has 0 spiro atoms. The number of benzene rings is 1. The number of aromatic nitrogens is 2. The number of aryl methyl sites for hydroxylation is 1. The molecule has 0 saturated carbocycles. The van der Waals surface area contributed by atoms with Gasteiger partial charge in [0, 0.05) is 25.5 Å². The smallest absolute Gasteiger partial charge is 0.207 e. The van der Waals surface area contributed by atoms with Crippen molar-refractivity contribution in [3.05, 3.63) is 36.2 Å². The lowest BCUT2D eigenvalue weighted by molar-refractivity contribution is 0.210. The molecular weight excluding hydrogens is 266 g/mol. The van der Waals surface area contributed by atoms with Crippen molar-refractivity contribution in [1.82, 2.24) is 9.55 Å². The Bertz CT molecular complexity index is 549. The van der Waals surface area contributed by atoms with E-state index in [0.717, 1.165) is 42.7 Å². The number of ether oxygens (including phenoxy) is 2. The summed E-state index contributed by atoms with van der Waals surface area (Å²) in [7, 11) is 1.69. The Morgan fingerprint density at radius 2 is 1.95 bits per heavy atom. The fraction of sp³-hybridized carbons (Fsp3) is 0.438. The van der Waals surface area contributed by atoms with Gasteiger partial charge in [0.2, 0.25) is 5.95 Å². The topological polar surface area (TPSA) is 48.3 Å². The van der Waals surface area contributed by atoms with Gasteiger partial charge in [-0.2, -0.15) is 0 Å². The average Bonchev–Trinajstić information content (AvgIpc) is 2.87. The summed E-state index contributed by atoms with van der Waals surface area (Å²) in [6.07, 6.45) is 3.02. The fourth-order valence-corrected chi connectivity index (χ4v) is 2.01. The maximum Gasteiger partial charge on any atom is 0.207 e. The molecule has 0 saturated heterocycles. The minimum atomic E-state index is 0.649. The highest BCUT2D eigenvalue weighted by Gasteiger charge is 2.07. The van der Waals surface area contributed by atoms with Crippen molar-refractivity contribution < 1.29 is 9.47 Å². The summed E-state index contributed by atoms with van der Waals surface area (Å²) in [5.74, 6) is 1.72. The van der Waals surface area contributed by atoms with E-state index in [1.165, 1.54) is 0 Å². The highest BCUT2D eigenvalue weighted by molar-refractivity contribution is 5.45. The van der Waals surface area contributed by atoms with E-state index in [4.69, 9.17) is 9.47 Å². The Morgan fingerprint density at radius 3 is 2.62 bits per heavy atom. The van der Waals surface area contributed by atoms with E-state index >= 15 is 0 Å². The lowest BCUT2D eigenvalue weighted by atomic mass is 10.3. The second-order valence-corrected chi connectivity index (χ2v) is 4.84. The first kappa shape index (κ1) is 15.4. The quantitative estimate of drug-likeness (QED) is 0.759. The molecule has 2 rings (SSSR count). The third-order valence-electron chi connectivity index (χ3n) is 3.00. The Kier molecular flexibility index (Phi) is 5.63. The number of rotatable bonds is 8. The molecule has 1 heterocycles. The van der Waals surface area contributed by atoms with Crippen LogP contribution in [0.4, 0.5) is 5.95 Å². The first-order valence-corrected chi connectivity index (χ1v) is 7.26. The summed E-state index contributed by atoms with van der Waals surface area (Å²) in [5.41, 5.74) is 2.03. The van der Waals surface area contributed by atoms with E-state index in [1.54, 1.807) is 7.11 Å². The SMILES string of the molecule is CCCOc1ccc(-n2cc(C)nc2NCCOC)cc1. The molecule has 0 unspecified atom stereocenters. The molecule has 21 heavy (non-hydrogen) atoms. The Labute approximate surface area is 125 Å². The van der Waals surface area contributed by atoms with Crippen LogP contribution < -0.4 is 10.1 Å². The van der Waals surface area contributed by atoms with Gasteiger partial charge in [-0.25, -0.2) is 4.98 Å². The van der Waals surface area contributed by atoms with Crippen molar-refractivity contribution in [2.75, 3.05) is 32.2 Å². The van der Waals surface area contributed by atoms with Crippen LogP contribution in [0.5, 0.6) is 5.75 Å². The predicted molar refractivity (Wildman–Crippen MR) is 84.5 cm³/mol. The predicted octanol–water partition coefficient (Wildman–Crippen LogP) is 3.03. The van der Waals surface area contributed by atoms with Gasteiger partial charge in [0.1, 0.15) is 5.75 Å². The van der Waals surface area contributed by atoms with Gasteiger partial charge in [-0.1, -0.05) is 6.92 Å². The first-order valence-electron chi connectivity index (χ1n) is 7.26. The van der Waals surface area contributed by atoms with Crippen LogP contribution in [0.25, 0.3) is 5.69 Å². The monoisotopic (exact) mass is 289 g/mol. The van der Waals surface area contributed by atoms with E-state index in [0.29, 0.717) is 6.61 Å². The number of hydrogen-bond acceptors (Lipinski definition) is 4. The molecule has 0 bridgehead atoms. The van der Waals surface area contributed by atoms with Crippen molar-refractivity contribution in [2.45, 2.75) is 20.3 Å². The molecule has 0 aliphatic heterocycles. The van der Waals surface area contributed by atoms with Crippen LogP contribution in [0.2, 0.25) is 0 Å². The van der Waals surface area contributed by atoms with Crippen LogP contribution in [0.3, 0.4) is 0 Å². The molecular formula is C16H23N3O2. The lowest BCUT2D eigenvalue weighted by Gasteiger charge is -2.10. The zero-order chi connectivity index (χ0) is 15.1. The molecule has 2 aromatic rings. The van der Waals surface area contributed by atoms with Crippen molar-refractivity contribution in [1.29, 1.82) is 0 Å². The second kappa shape index (κ2) is 7.69. The summed E-state index contributed by atoms with van der Waals surface area (Å²) in [4.78, 5) is 4.50. The highest BCUT2D eigenvalue weighted by Crippen LogP contribution is 2.20. The van der Waals surface area contributed by atoms with Gasteiger partial charge >= 0.3 is 0 Å². The fourth-order valence-electron chi connectivity index (χ4n) is 2.01. The van der Waals surface area contributed by atoms with Crippen molar-refractivity contribution in [3.63, 3.8) is 0 Å². The minimum absolute atomic E-state index is 0.649. The van der Waals surface area contributed by atoms with E-state index in [9.17, 15) is 0 Å². The Hall–Kier alpha value is -2.01. The van der Waals surface area contributed by atoms with E-state index in [2.05, 4.69) is 17.2 Å². The van der Waals surface area contributed by atoms with Crippen LogP contribution in [0.15, 0.2) is 30.5 Å². The van der Waals surface area contributed by atoms with Gasteiger partial charge in [0.05, 0.1) is 18.9 Å². The van der Waals surface area contributed by atoms with Crippen LogP contribution in [-0.4, -0.2) is 36.4 Å². The molecule has 0 amide bonds. The van der Waals surface area contributed by atoms with Gasteiger partial charge in [0.25, 0.3) is 0 Å². The third-order valence-corrected chi connectivity index (χ3v) is 3.00. The molecule has 114 valence electrons. The molecule has 0 atom stereocenters. The number of methoxy groups -OCH3 is 1. The average molecular weight is 289 g/mol. The number of nitrogens with one attached hydrogen (secondary N) is 1. The number of hydrogen-bond donors (Lipinski definition) is 1. The minimum Gasteiger partial charge on any atom is -0.494 e. The molecule has 1 N–H and O–H groups in total. The summed E-state index contributed by atoms with van der Waals surface area (Å²) in [5, 5.41) is 3.28. The highest BCUT2D eigenvalue weighted by atomic mass is 16.5. The molecule has 5 heteroatoms. The van der Waals surface area contributed by atoms with Crippen LogP contribution in [0.1, 0.15) is 19.0 Å². The van der Waals surface area contributed by atoms with E-state index in [1.807, 2.05) is 42.0 Å². The number of imidazole rings is 1. The van der Waals surface area contributed by atoms with Gasteiger partial charge in [-0.05, 0) is 37.6 Å². The molecule has 0 aliphatic carbocycles. The van der Waals surface area contributed by atoms with Crippen molar-refractivity contribution in [3.8, 4) is 11.4 Å². The Balaban J connectivity index is 2.13. The summed E-state index contributed by atoms with van der Waals surface area (Å²) in [6, 6.07) is 8.04. The summed E-state index contributed by atoms with van der Waals surface area (Å²) in [6.45, 7) is 6.20. The van der Waals surface area contributed by atoms with Crippen LogP contribution in [-0.2, 0) is 4.74 Å². The van der Waals surface area contributed by atoms with Crippen LogP contribution >= 0.6 is 0 Å². The van der Waals surface area contributed by atoms with Crippen LogP contribution in [0, 0.1) is 6.92 Å². The zero-order valence-electron chi connectivity index (χ0n) is 12.9. The third kappa shape index (κ3) is 4.23. The summed E-state index contributed by atoms with van der Waals surface area (Å²) >= 11 is 0. The van der Waals surface area contributed by atoms with E-state index < -0.39 is 0 Å². The second-order valence-electron chi connectivity index (χ2n) is 4.84. The molecule has 0 fully saturated rings. The molecule has 1 aromatic heterocycles. The lowest BCUT2D eigenvalue weighted by Crippen LogP contribution is -2.11. The van der Waals surface area contributed by atoms with Gasteiger partial charge < -0.3 is 14.8 Å². The maximum atomic E-state index is 5.60. The van der Waals surface area contributed by atoms with Crippen molar-refractivity contribution >= 4 is 5.95 Å². The molecule has 5 nitrogen and oxygen atoms in total. The maximum absolute atomic E-state index is 5.60. The first-order chi connectivity index (χ1) is 10.2. The standard InChI is InChI=1S/C16H23N3O2/c1-4-10-21-15-7-5-14(6-8-15)19-12-13(2)18-16(19)17-9-11-20-3/h5-8,12H,4,9-11H2,1-3H3,(H,17,18). The molecule has 0 aliphatic rings. The zero-order valence-corrected chi connectivity index (χ0v) is 12.9. The number of nitrogens with zero attached hydrogens (tertiary/aromatic N) is 2. The van der Waals surface area contributed by atoms with Gasteiger partial charge in [0.15, 0.2) is 0 Å².